The molecule has 2 heterocycles. The molecule has 2 N–H and O–H groups in total. The van der Waals surface area contributed by atoms with Crippen molar-refractivity contribution in [1.82, 2.24) is 5.06 Å². The molecule has 1 aliphatic heterocycles. The molecule has 0 unspecified atom stereocenters. The number of carbonyl (C=O) groups excluding carboxylic acids is 3. The van der Waals surface area contributed by atoms with Gasteiger partial charge in [0.1, 0.15) is 16.9 Å². The summed E-state index contributed by atoms with van der Waals surface area (Å²) in [5.41, 5.74) is 0.943. The molecule has 10 heteroatoms. The Kier molecular flexibility index (Phi) is 5.74. The van der Waals surface area contributed by atoms with Crippen molar-refractivity contribution in [1.29, 1.82) is 0 Å². The lowest BCUT2D eigenvalue weighted by molar-refractivity contribution is -0.172. The van der Waals surface area contributed by atoms with Gasteiger partial charge in [0.15, 0.2) is 5.43 Å². The number of hydrogen-bond donors (Lipinski definition) is 2. The lowest BCUT2D eigenvalue weighted by Crippen LogP contribution is -2.32. The quantitative estimate of drug-likeness (QED) is 0.157. The van der Waals surface area contributed by atoms with E-state index < -0.39 is 23.8 Å². The highest BCUT2D eigenvalue weighted by molar-refractivity contribution is 6.21. The van der Waals surface area contributed by atoms with Crippen LogP contribution in [0.15, 0.2) is 88.1 Å². The third-order valence-electron chi connectivity index (χ3n) is 7.57. The summed E-state index contributed by atoms with van der Waals surface area (Å²) in [5, 5.41) is 24.3. The minimum Gasteiger partial charge on any atom is -0.508 e. The largest absolute Gasteiger partial charge is 0.508 e. The molecule has 7 rings (SSSR count). The average molecular weight is 574 g/mol. The van der Waals surface area contributed by atoms with Crippen molar-refractivity contribution in [2.24, 2.45) is 0 Å². The van der Waals surface area contributed by atoms with Gasteiger partial charge in [-0.2, -0.15) is 0 Å². The van der Waals surface area contributed by atoms with E-state index in [9.17, 15) is 34.2 Å². The number of phenols is 1. The predicted octanol–water partition coefficient (Wildman–Crippen LogP) is 5.54. The molecule has 5 aromatic carbocycles. The molecule has 0 aliphatic carbocycles. The van der Waals surface area contributed by atoms with Crippen LogP contribution in [0.3, 0.4) is 0 Å². The number of aromatic carboxylic acids is 1. The Labute approximate surface area is 240 Å². The Balaban J connectivity index is 1.56. The lowest BCUT2D eigenvalue weighted by atomic mass is 9.90. The van der Waals surface area contributed by atoms with Crippen molar-refractivity contribution >= 4 is 67.2 Å². The summed E-state index contributed by atoms with van der Waals surface area (Å²) in [4.78, 5) is 66.9. The number of hydroxylamine groups is 2. The molecule has 10 nitrogen and oxygen atoms in total. The molecule has 0 saturated carbocycles. The highest BCUT2D eigenvalue weighted by Crippen LogP contribution is 2.43. The van der Waals surface area contributed by atoms with Gasteiger partial charge in [0, 0.05) is 39.9 Å². The van der Waals surface area contributed by atoms with Crippen LogP contribution in [0, 0.1) is 0 Å². The summed E-state index contributed by atoms with van der Waals surface area (Å²) in [5.74, 6) is -3.51. The smallest absolute Gasteiger partial charge is 0.363 e. The molecule has 210 valence electrons. The van der Waals surface area contributed by atoms with Gasteiger partial charge in [-0.1, -0.05) is 12.1 Å². The highest BCUT2D eigenvalue weighted by atomic mass is 16.7. The maximum absolute atomic E-state index is 13.1. The van der Waals surface area contributed by atoms with Crippen LogP contribution < -0.4 is 5.43 Å². The Morgan fingerprint density at radius 1 is 0.721 bits per heavy atom. The van der Waals surface area contributed by atoms with Crippen LogP contribution in [0.25, 0.3) is 54.6 Å². The van der Waals surface area contributed by atoms with Crippen LogP contribution >= 0.6 is 0 Å². The van der Waals surface area contributed by atoms with E-state index in [0.717, 1.165) is 0 Å². The number of imide groups is 1. The van der Waals surface area contributed by atoms with Gasteiger partial charge < -0.3 is 19.5 Å². The fourth-order valence-electron chi connectivity index (χ4n) is 5.58. The maximum Gasteiger partial charge on any atom is 0.363 e. The Morgan fingerprint density at radius 2 is 1.33 bits per heavy atom. The summed E-state index contributed by atoms with van der Waals surface area (Å²) in [7, 11) is 0. The number of carboxylic acid groups (broad SMARTS) is 1. The van der Waals surface area contributed by atoms with Crippen molar-refractivity contribution in [3.63, 3.8) is 0 Å². The summed E-state index contributed by atoms with van der Waals surface area (Å²) >= 11 is 0. The standard InChI is InChI=1S/C33H19NO9/c35-19-4-9-21-16(13-19)1-7-24-29(25-8-2-17-14-20(36)5-10-22(17)31(25)42-30(21)24)26-15-18(3-6-23(26)32(39)40)33(41)43-34-27(37)11-12-28(34)38/h1-10,13-15,35H,11-12H2,(H,39,40). The SMILES string of the molecule is O=C(ON1C(=O)CCC1=O)c1ccc(C(=O)O)c(-c2c3ccc4cc(O)ccc4c3oc3c2ccc2cc(=O)ccc23)c1. The fourth-order valence-corrected chi connectivity index (χ4v) is 5.58. The van der Waals surface area contributed by atoms with Crippen molar-refractivity contribution < 1.29 is 38.6 Å². The molecule has 1 aromatic heterocycles. The molecular weight excluding hydrogens is 554 g/mol. The zero-order valence-corrected chi connectivity index (χ0v) is 22.1. The highest BCUT2D eigenvalue weighted by Gasteiger charge is 2.33. The van der Waals surface area contributed by atoms with Gasteiger partial charge >= 0.3 is 11.9 Å². The molecule has 43 heavy (non-hydrogen) atoms. The minimum absolute atomic E-state index is 0.0515. The van der Waals surface area contributed by atoms with E-state index in [4.69, 9.17) is 9.25 Å². The first kappa shape index (κ1) is 25.9. The molecule has 1 aliphatic rings. The molecule has 2 amide bonds. The number of carbonyl (C=O) groups is 4. The van der Waals surface area contributed by atoms with Crippen molar-refractivity contribution in [2.75, 3.05) is 0 Å². The summed E-state index contributed by atoms with van der Waals surface area (Å²) in [6.45, 7) is 0. The molecule has 1 fully saturated rings. The number of fused-ring (bicyclic) bond motifs is 6. The van der Waals surface area contributed by atoms with Gasteiger partial charge in [0.05, 0.1) is 11.1 Å². The van der Waals surface area contributed by atoms with Crippen LogP contribution in [0.5, 0.6) is 5.75 Å². The predicted molar refractivity (Wildman–Crippen MR) is 156 cm³/mol. The van der Waals surface area contributed by atoms with E-state index in [0.29, 0.717) is 54.1 Å². The van der Waals surface area contributed by atoms with Gasteiger partial charge in [-0.15, -0.1) is 5.06 Å². The van der Waals surface area contributed by atoms with E-state index in [-0.39, 0.29) is 40.7 Å². The van der Waals surface area contributed by atoms with E-state index in [1.165, 1.54) is 36.4 Å². The molecule has 0 radical (unpaired) electrons. The van der Waals surface area contributed by atoms with Gasteiger partial charge in [0.2, 0.25) is 0 Å². The number of amides is 2. The minimum atomic E-state index is -1.26. The number of rotatable bonds is 4. The average Bonchev–Trinajstić information content (AvgIpc) is 3.31. The normalized spacial score (nSPS) is 13.4. The van der Waals surface area contributed by atoms with Crippen LogP contribution in [-0.4, -0.2) is 39.0 Å². The zero-order valence-electron chi connectivity index (χ0n) is 22.1. The maximum atomic E-state index is 13.1. The van der Waals surface area contributed by atoms with Crippen LogP contribution in [0.2, 0.25) is 0 Å². The van der Waals surface area contributed by atoms with Crippen molar-refractivity contribution in [2.45, 2.75) is 12.8 Å². The van der Waals surface area contributed by atoms with E-state index >= 15 is 0 Å². The first-order chi connectivity index (χ1) is 20.7. The third-order valence-corrected chi connectivity index (χ3v) is 7.57. The monoisotopic (exact) mass is 573 g/mol. The number of aromatic hydroxyl groups is 1. The number of phenolic OH excluding ortho intramolecular Hbond substituents is 1. The van der Waals surface area contributed by atoms with E-state index in [1.807, 2.05) is 0 Å². The Hall–Kier alpha value is -6.03. The zero-order chi connectivity index (χ0) is 30.0. The summed E-state index contributed by atoms with van der Waals surface area (Å²) in [6.07, 6.45) is -0.150. The van der Waals surface area contributed by atoms with Crippen molar-refractivity contribution in [3.05, 3.63) is 100 Å². The fraction of sp³-hybridized carbons (Fsp3) is 0.0606. The van der Waals surface area contributed by atoms with Crippen LogP contribution in [0.1, 0.15) is 33.6 Å². The summed E-state index contributed by atoms with van der Waals surface area (Å²) in [6, 6.07) is 20.1. The number of nitrogens with zero attached hydrogens (tertiary/aromatic N) is 1. The molecule has 0 spiro atoms. The Bertz CT molecular complexity index is 2280. The Morgan fingerprint density at radius 3 is 1.98 bits per heavy atom. The first-order valence-electron chi connectivity index (χ1n) is 13.2. The molecule has 0 bridgehead atoms. The lowest BCUT2D eigenvalue weighted by Gasteiger charge is -2.17. The second kappa shape index (κ2) is 9.52. The number of hydrogen-bond acceptors (Lipinski definition) is 8. The second-order valence-electron chi connectivity index (χ2n) is 10.2. The third kappa shape index (κ3) is 4.15. The number of carboxylic acids is 1. The van der Waals surface area contributed by atoms with Gasteiger partial charge in [-0.3, -0.25) is 14.4 Å². The molecular formula is C33H19NO9. The van der Waals surface area contributed by atoms with E-state index in [1.54, 1.807) is 42.5 Å². The van der Waals surface area contributed by atoms with Gasteiger partial charge in [0.25, 0.3) is 11.8 Å². The van der Waals surface area contributed by atoms with Gasteiger partial charge in [-0.05, 0) is 83.1 Å². The molecule has 0 atom stereocenters. The van der Waals surface area contributed by atoms with Crippen molar-refractivity contribution in [3.8, 4) is 16.9 Å². The number of benzene rings is 5. The first-order valence-corrected chi connectivity index (χ1v) is 13.2. The topological polar surface area (TPSA) is 151 Å². The molecule has 6 aromatic rings. The van der Waals surface area contributed by atoms with Crippen LogP contribution in [-0.2, 0) is 14.4 Å². The van der Waals surface area contributed by atoms with Crippen LogP contribution in [0.4, 0.5) is 0 Å². The van der Waals surface area contributed by atoms with Gasteiger partial charge in [-0.25, -0.2) is 9.59 Å². The summed E-state index contributed by atoms with van der Waals surface area (Å²) < 4.78 is 6.50. The molecule has 1 saturated heterocycles. The second-order valence-corrected chi connectivity index (χ2v) is 10.2. The van der Waals surface area contributed by atoms with E-state index in [2.05, 4.69) is 0 Å².